The molecule has 0 unspecified atom stereocenters. The summed E-state index contributed by atoms with van der Waals surface area (Å²) >= 11 is 1.37. The molecule has 0 aliphatic heterocycles. The highest BCUT2D eigenvalue weighted by Crippen LogP contribution is 2.32. The first kappa shape index (κ1) is 16.1. The number of benzene rings is 1. The zero-order valence-corrected chi connectivity index (χ0v) is 13.9. The first-order valence-corrected chi connectivity index (χ1v) is 9.70. The van der Waals surface area contributed by atoms with Gasteiger partial charge >= 0.3 is 5.97 Å². The third-order valence-corrected chi connectivity index (χ3v) is 6.10. The highest BCUT2D eigenvalue weighted by Gasteiger charge is 2.37. The highest BCUT2D eigenvalue weighted by molar-refractivity contribution is 7.88. The van der Waals surface area contributed by atoms with Gasteiger partial charge in [-0.3, -0.25) is 0 Å². The minimum atomic E-state index is -3.45. The van der Waals surface area contributed by atoms with Crippen LogP contribution in [0, 0.1) is 0 Å². The van der Waals surface area contributed by atoms with Crippen LogP contribution in [0.1, 0.15) is 34.5 Å². The van der Waals surface area contributed by atoms with Crippen LogP contribution in [0.25, 0.3) is 0 Å². The van der Waals surface area contributed by atoms with Gasteiger partial charge in [0.25, 0.3) is 0 Å². The molecular weight excluding hydrogens is 336 g/mol. The lowest BCUT2D eigenvalue weighted by molar-refractivity contribution is 0.0697. The molecule has 3 rings (SSSR count). The summed E-state index contributed by atoms with van der Waals surface area (Å²) in [5.74, 6) is -1.09. The Balaban J connectivity index is 1.77. The normalized spacial score (nSPS) is 15.0. The molecule has 0 radical (unpaired) electrons. The molecule has 1 aromatic heterocycles. The number of thiazole rings is 1. The van der Waals surface area contributed by atoms with E-state index in [0.29, 0.717) is 5.69 Å². The van der Waals surface area contributed by atoms with E-state index in [1.807, 2.05) is 0 Å². The first-order chi connectivity index (χ1) is 11.0. The van der Waals surface area contributed by atoms with Gasteiger partial charge in [-0.05, 0) is 30.5 Å². The van der Waals surface area contributed by atoms with Gasteiger partial charge in [0.15, 0.2) is 0 Å². The van der Waals surface area contributed by atoms with Crippen molar-refractivity contribution in [2.45, 2.75) is 31.2 Å². The molecule has 1 aliphatic carbocycles. The van der Waals surface area contributed by atoms with Crippen LogP contribution in [0.15, 0.2) is 35.2 Å². The summed E-state index contributed by atoms with van der Waals surface area (Å²) < 4.78 is 26.8. The zero-order valence-electron chi connectivity index (χ0n) is 12.3. The van der Waals surface area contributed by atoms with Crippen molar-refractivity contribution in [2.75, 3.05) is 0 Å². The van der Waals surface area contributed by atoms with Gasteiger partial charge in [-0.2, -0.15) is 4.31 Å². The molecule has 0 bridgehead atoms. The highest BCUT2D eigenvalue weighted by atomic mass is 32.2. The van der Waals surface area contributed by atoms with Crippen LogP contribution < -0.4 is 0 Å². The van der Waals surface area contributed by atoms with Crippen molar-refractivity contribution >= 4 is 27.3 Å². The van der Waals surface area contributed by atoms with Crippen LogP contribution in [0.2, 0.25) is 0 Å². The Morgan fingerprint density at radius 1 is 1.30 bits per heavy atom. The van der Waals surface area contributed by atoms with E-state index in [2.05, 4.69) is 4.98 Å². The Morgan fingerprint density at radius 2 is 2.00 bits per heavy atom. The van der Waals surface area contributed by atoms with E-state index in [1.54, 1.807) is 23.0 Å². The average molecular weight is 352 g/mol. The summed E-state index contributed by atoms with van der Waals surface area (Å²) in [4.78, 5) is 14.9. The summed E-state index contributed by atoms with van der Waals surface area (Å²) in [6.07, 6.45) is 1.73. The molecule has 1 saturated carbocycles. The molecule has 122 valence electrons. The Morgan fingerprint density at radius 3 is 2.52 bits per heavy atom. The Labute approximate surface area is 138 Å². The molecule has 0 spiro atoms. The lowest BCUT2D eigenvalue weighted by atomic mass is 10.1. The second kappa shape index (κ2) is 6.38. The van der Waals surface area contributed by atoms with E-state index in [4.69, 9.17) is 5.11 Å². The van der Waals surface area contributed by atoms with Crippen molar-refractivity contribution in [1.82, 2.24) is 9.29 Å². The minimum absolute atomic E-state index is 0.0396. The van der Waals surface area contributed by atoms with Gasteiger partial charge < -0.3 is 5.11 Å². The number of hydrogen-bond acceptors (Lipinski definition) is 5. The lowest BCUT2D eigenvalue weighted by Gasteiger charge is -2.21. The lowest BCUT2D eigenvalue weighted by Crippen LogP contribution is -2.33. The predicted octanol–water partition coefficient (Wildman–Crippen LogP) is 2.34. The van der Waals surface area contributed by atoms with Crippen molar-refractivity contribution in [1.29, 1.82) is 0 Å². The van der Waals surface area contributed by atoms with E-state index in [0.717, 1.165) is 18.4 Å². The monoisotopic (exact) mass is 352 g/mol. The Bertz CT molecular complexity index is 781. The van der Waals surface area contributed by atoms with Crippen molar-refractivity contribution in [2.24, 2.45) is 0 Å². The van der Waals surface area contributed by atoms with Crippen LogP contribution in [-0.4, -0.2) is 34.8 Å². The van der Waals surface area contributed by atoms with E-state index in [1.165, 1.54) is 27.8 Å². The van der Waals surface area contributed by atoms with Crippen LogP contribution in [0.5, 0.6) is 0 Å². The van der Waals surface area contributed by atoms with E-state index >= 15 is 0 Å². The van der Waals surface area contributed by atoms with E-state index in [9.17, 15) is 13.2 Å². The summed E-state index contributed by atoms with van der Waals surface area (Å²) in [7, 11) is -3.45. The molecule has 2 aromatic rings. The molecule has 8 heteroatoms. The maximum Gasteiger partial charge on any atom is 0.335 e. The van der Waals surface area contributed by atoms with Gasteiger partial charge in [-0.25, -0.2) is 18.2 Å². The molecule has 1 fully saturated rings. The minimum Gasteiger partial charge on any atom is -0.478 e. The number of carbonyl (C=O) groups is 1. The SMILES string of the molecule is O=C(O)c1ccc(CN(C2CC2)S(=O)(=O)Cc2cscn2)cc1. The molecule has 6 nitrogen and oxygen atoms in total. The van der Waals surface area contributed by atoms with E-state index < -0.39 is 16.0 Å². The number of aromatic carboxylic acids is 1. The van der Waals surface area contributed by atoms with E-state index in [-0.39, 0.29) is 23.9 Å². The summed E-state index contributed by atoms with van der Waals surface area (Å²) in [6.45, 7) is 0.261. The standard InChI is InChI=1S/C15H16N2O4S2/c18-15(19)12-3-1-11(2-4-12)7-17(14-5-6-14)23(20,21)9-13-8-22-10-16-13/h1-4,8,10,14H,5-7,9H2,(H,18,19). The molecule has 1 heterocycles. The van der Waals surface area contributed by atoms with Gasteiger partial charge in [0.1, 0.15) is 5.75 Å². The maximum atomic E-state index is 12.7. The largest absolute Gasteiger partial charge is 0.478 e. The van der Waals surface area contributed by atoms with Crippen LogP contribution in [-0.2, 0) is 22.3 Å². The fraction of sp³-hybridized carbons (Fsp3) is 0.333. The first-order valence-electron chi connectivity index (χ1n) is 7.14. The maximum absolute atomic E-state index is 12.7. The topological polar surface area (TPSA) is 87.6 Å². The number of carboxylic acid groups (broad SMARTS) is 1. The number of rotatable bonds is 7. The number of carboxylic acids is 1. The number of sulfonamides is 1. The molecule has 0 saturated heterocycles. The molecular formula is C15H16N2O4S2. The van der Waals surface area contributed by atoms with Gasteiger partial charge in [-0.1, -0.05) is 12.1 Å². The third kappa shape index (κ3) is 3.95. The second-order valence-corrected chi connectivity index (χ2v) is 8.15. The number of hydrogen-bond donors (Lipinski definition) is 1. The summed E-state index contributed by atoms with van der Waals surface area (Å²) in [5, 5.41) is 10.7. The molecule has 0 amide bonds. The Kier molecular flexibility index (Phi) is 4.47. The van der Waals surface area contributed by atoms with Crippen molar-refractivity contribution in [3.63, 3.8) is 0 Å². The van der Waals surface area contributed by atoms with Crippen LogP contribution in [0.3, 0.4) is 0 Å². The van der Waals surface area contributed by atoms with Gasteiger partial charge in [0.2, 0.25) is 10.0 Å². The zero-order chi connectivity index (χ0) is 16.4. The Hall–Kier alpha value is -1.77. The van der Waals surface area contributed by atoms with Gasteiger partial charge in [0.05, 0.1) is 16.8 Å². The van der Waals surface area contributed by atoms with Crippen LogP contribution in [0.4, 0.5) is 0 Å². The third-order valence-electron chi connectivity index (χ3n) is 3.66. The molecule has 0 atom stereocenters. The fourth-order valence-corrected chi connectivity index (χ4v) is 4.70. The fourth-order valence-electron chi connectivity index (χ4n) is 2.33. The van der Waals surface area contributed by atoms with Crippen molar-refractivity contribution in [3.05, 3.63) is 52.0 Å². The predicted molar refractivity (Wildman–Crippen MR) is 86.7 cm³/mol. The molecule has 1 aliphatic rings. The molecule has 23 heavy (non-hydrogen) atoms. The van der Waals surface area contributed by atoms with Crippen molar-refractivity contribution < 1.29 is 18.3 Å². The summed E-state index contributed by atoms with van der Waals surface area (Å²) in [6, 6.07) is 6.36. The number of nitrogens with zero attached hydrogens (tertiary/aromatic N) is 2. The van der Waals surface area contributed by atoms with Gasteiger partial charge in [-0.15, -0.1) is 11.3 Å². The number of aromatic nitrogens is 1. The second-order valence-electron chi connectivity index (χ2n) is 5.51. The van der Waals surface area contributed by atoms with Crippen LogP contribution >= 0.6 is 11.3 Å². The smallest absolute Gasteiger partial charge is 0.335 e. The molecule has 1 N–H and O–H groups in total. The van der Waals surface area contributed by atoms with Crippen molar-refractivity contribution in [3.8, 4) is 0 Å². The van der Waals surface area contributed by atoms with Gasteiger partial charge in [0, 0.05) is 18.0 Å². The average Bonchev–Trinajstić information content (AvgIpc) is 3.22. The molecule has 1 aromatic carbocycles. The summed E-state index contributed by atoms with van der Waals surface area (Å²) in [5.41, 5.74) is 3.15. The quantitative estimate of drug-likeness (QED) is 0.826.